The predicted molar refractivity (Wildman–Crippen MR) is 121 cm³/mol. The molecule has 0 bridgehead atoms. The maximum Gasteiger partial charge on any atom is 0.115 e. The molecule has 0 saturated carbocycles. The van der Waals surface area contributed by atoms with Crippen LogP contribution in [0.3, 0.4) is 0 Å². The number of phenols is 2. The molecular formula is C27H28O2. The molecule has 148 valence electrons. The first-order valence-corrected chi connectivity index (χ1v) is 9.59. The van der Waals surface area contributed by atoms with Gasteiger partial charge in [0, 0.05) is 5.41 Å². The Bertz CT molecular complexity index is 840. The van der Waals surface area contributed by atoms with Crippen LogP contribution in [-0.4, -0.2) is 10.2 Å². The SMILES string of the molecule is CC(C)(c1ccccc1)c1ccccc1.Oc1ccccc1.Oc1ccccc1. The highest BCUT2D eigenvalue weighted by Gasteiger charge is 2.21. The number of hydrogen-bond acceptors (Lipinski definition) is 2. The molecular weight excluding hydrogens is 356 g/mol. The minimum Gasteiger partial charge on any atom is -0.508 e. The van der Waals surface area contributed by atoms with Crippen molar-refractivity contribution < 1.29 is 10.2 Å². The van der Waals surface area contributed by atoms with Crippen molar-refractivity contribution >= 4 is 0 Å². The van der Waals surface area contributed by atoms with Gasteiger partial charge in [0.15, 0.2) is 0 Å². The molecule has 4 aromatic carbocycles. The summed E-state index contributed by atoms with van der Waals surface area (Å²) in [5, 5.41) is 17.3. The van der Waals surface area contributed by atoms with Crippen molar-refractivity contribution in [3.8, 4) is 11.5 Å². The zero-order valence-corrected chi connectivity index (χ0v) is 16.9. The summed E-state index contributed by atoms with van der Waals surface area (Å²) in [6.07, 6.45) is 0. The van der Waals surface area contributed by atoms with Gasteiger partial charge >= 0.3 is 0 Å². The van der Waals surface area contributed by atoms with Gasteiger partial charge in [-0.3, -0.25) is 0 Å². The minimum atomic E-state index is 0.0858. The van der Waals surface area contributed by atoms with Gasteiger partial charge in [-0.1, -0.05) is 111 Å². The van der Waals surface area contributed by atoms with Crippen LogP contribution in [0.15, 0.2) is 121 Å². The van der Waals surface area contributed by atoms with Crippen molar-refractivity contribution in [1.29, 1.82) is 0 Å². The van der Waals surface area contributed by atoms with Crippen LogP contribution in [0.2, 0.25) is 0 Å². The average Bonchev–Trinajstić information content (AvgIpc) is 2.77. The predicted octanol–water partition coefficient (Wildman–Crippen LogP) is 6.80. The van der Waals surface area contributed by atoms with E-state index in [-0.39, 0.29) is 5.41 Å². The zero-order chi connectivity index (χ0) is 21.0. The molecule has 0 atom stereocenters. The summed E-state index contributed by atoms with van der Waals surface area (Å²) in [5.41, 5.74) is 2.80. The topological polar surface area (TPSA) is 40.5 Å². The molecule has 4 aromatic rings. The third kappa shape index (κ3) is 7.55. The quantitative estimate of drug-likeness (QED) is 0.399. The van der Waals surface area contributed by atoms with Crippen molar-refractivity contribution in [3.05, 3.63) is 132 Å². The lowest BCUT2D eigenvalue weighted by molar-refractivity contribution is 0.475. The Balaban J connectivity index is 0.000000178. The largest absolute Gasteiger partial charge is 0.508 e. The number of phenolic OH excluding ortho intramolecular Hbond substituents is 2. The highest BCUT2D eigenvalue weighted by atomic mass is 16.3. The summed E-state index contributed by atoms with van der Waals surface area (Å²) < 4.78 is 0. The normalized spacial score (nSPS) is 10.0. The Hall–Kier alpha value is -3.52. The van der Waals surface area contributed by atoms with E-state index >= 15 is 0 Å². The van der Waals surface area contributed by atoms with Crippen LogP contribution in [0.1, 0.15) is 25.0 Å². The molecule has 0 aliphatic carbocycles. The van der Waals surface area contributed by atoms with E-state index in [0.717, 1.165) is 0 Å². The highest BCUT2D eigenvalue weighted by Crippen LogP contribution is 2.30. The van der Waals surface area contributed by atoms with Crippen LogP contribution in [-0.2, 0) is 5.41 Å². The van der Waals surface area contributed by atoms with E-state index in [0.29, 0.717) is 11.5 Å². The molecule has 2 N–H and O–H groups in total. The standard InChI is InChI=1S/C15H16.2C6H6O/c1-15(2,13-9-5-3-6-10-13)14-11-7-4-8-12-14;2*7-6-4-2-1-3-5-6/h3-12H,1-2H3;2*1-5,7H. The fourth-order valence-electron chi connectivity index (χ4n) is 2.73. The first-order valence-electron chi connectivity index (χ1n) is 9.59. The van der Waals surface area contributed by atoms with E-state index in [1.54, 1.807) is 48.5 Å². The van der Waals surface area contributed by atoms with Crippen molar-refractivity contribution in [2.75, 3.05) is 0 Å². The molecule has 4 rings (SSSR count). The summed E-state index contributed by atoms with van der Waals surface area (Å²) in [7, 11) is 0. The fraction of sp³-hybridized carbons (Fsp3) is 0.111. The third-order valence-electron chi connectivity index (χ3n) is 4.50. The Morgan fingerprint density at radius 1 is 0.414 bits per heavy atom. The lowest BCUT2D eigenvalue weighted by Crippen LogP contribution is -2.18. The molecule has 0 fully saturated rings. The van der Waals surface area contributed by atoms with E-state index in [2.05, 4.69) is 74.5 Å². The van der Waals surface area contributed by atoms with Gasteiger partial charge < -0.3 is 10.2 Å². The lowest BCUT2D eigenvalue weighted by Gasteiger charge is -2.25. The van der Waals surface area contributed by atoms with E-state index in [1.165, 1.54) is 11.1 Å². The molecule has 0 heterocycles. The van der Waals surface area contributed by atoms with Gasteiger partial charge in [-0.05, 0) is 35.4 Å². The van der Waals surface area contributed by atoms with Gasteiger partial charge in [-0.25, -0.2) is 0 Å². The molecule has 0 saturated heterocycles. The van der Waals surface area contributed by atoms with E-state index in [1.807, 2.05) is 12.1 Å². The van der Waals surface area contributed by atoms with E-state index in [9.17, 15) is 0 Å². The van der Waals surface area contributed by atoms with Crippen LogP contribution in [0.5, 0.6) is 11.5 Å². The number of para-hydroxylation sites is 2. The number of rotatable bonds is 2. The van der Waals surface area contributed by atoms with Gasteiger partial charge in [0.25, 0.3) is 0 Å². The van der Waals surface area contributed by atoms with Crippen molar-refractivity contribution in [2.45, 2.75) is 19.3 Å². The summed E-state index contributed by atoms with van der Waals surface area (Å²) in [4.78, 5) is 0. The molecule has 0 unspecified atom stereocenters. The second kappa shape index (κ2) is 11.4. The Kier molecular flexibility index (Phi) is 8.52. The third-order valence-corrected chi connectivity index (χ3v) is 4.50. The number of aromatic hydroxyl groups is 2. The maximum atomic E-state index is 8.63. The van der Waals surface area contributed by atoms with Crippen LogP contribution in [0, 0.1) is 0 Å². The molecule has 29 heavy (non-hydrogen) atoms. The molecule has 0 spiro atoms. The summed E-state index contributed by atoms with van der Waals surface area (Å²) in [6, 6.07) is 38.7. The Labute approximate surface area is 173 Å². The first kappa shape index (κ1) is 21.8. The second-order valence-electron chi connectivity index (χ2n) is 7.03. The van der Waals surface area contributed by atoms with Gasteiger partial charge in [0.05, 0.1) is 0 Å². The van der Waals surface area contributed by atoms with E-state index in [4.69, 9.17) is 10.2 Å². The first-order chi connectivity index (χ1) is 14.0. The Morgan fingerprint density at radius 3 is 0.862 bits per heavy atom. The smallest absolute Gasteiger partial charge is 0.115 e. The van der Waals surface area contributed by atoms with Crippen molar-refractivity contribution in [1.82, 2.24) is 0 Å². The fourth-order valence-corrected chi connectivity index (χ4v) is 2.73. The molecule has 0 aliphatic heterocycles. The molecule has 0 aliphatic rings. The zero-order valence-electron chi connectivity index (χ0n) is 16.9. The monoisotopic (exact) mass is 384 g/mol. The second-order valence-corrected chi connectivity index (χ2v) is 7.03. The van der Waals surface area contributed by atoms with E-state index < -0.39 is 0 Å². The summed E-state index contributed by atoms with van der Waals surface area (Å²) in [6.45, 7) is 4.52. The minimum absolute atomic E-state index is 0.0858. The maximum absolute atomic E-state index is 8.63. The molecule has 0 radical (unpaired) electrons. The number of benzene rings is 4. The average molecular weight is 385 g/mol. The Morgan fingerprint density at radius 2 is 0.655 bits per heavy atom. The van der Waals surface area contributed by atoms with Crippen molar-refractivity contribution in [2.24, 2.45) is 0 Å². The van der Waals surface area contributed by atoms with Gasteiger partial charge in [0.1, 0.15) is 11.5 Å². The molecule has 0 aromatic heterocycles. The van der Waals surface area contributed by atoms with Crippen LogP contribution in [0.4, 0.5) is 0 Å². The van der Waals surface area contributed by atoms with Gasteiger partial charge in [-0.2, -0.15) is 0 Å². The summed E-state index contributed by atoms with van der Waals surface area (Å²) in [5.74, 6) is 0.644. The highest BCUT2D eigenvalue weighted by molar-refractivity contribution is 5.36. The summed E-state index contributed by atoms with van der Waals surface area (Å²) >= 11 is 0. The number of hydrogen-bond donors (Lipinski definition) is 2. The van der Waals surface area contributed by atoms with Crippen LogP contribution in [0.25, 0.3) is 0 Å². The van der Waals surface area contributed by atoms with Crippen LogP contribution >= 0.6 is 0 Å². The molecule has 2 heteroatoms. The van der Waals surface area contributed by atoms with Crippen LogP contribution < -0.4 is 0 Å². The van der Waals surface area contributed by atoms with Gasteiger partial charge in [-0.15, -0.1) is 0 Å². The van der Waals surface area contributed by atoms with Gasteiger partial charge in [0.2, 0.25) is 0 Å². The molecule has 0 amide bonds. The molecule has 2 nitrogen and oxygen atoms in total. The van der Waals surface area contributed by atoms with Crippen molar-refractivity contribution in [3.63, 3.8) is 0 Å². The lowest BCUT2D eigenvalue weighted by atomic mass is 9.78.